The lowest BCUT2D eigenvalue weighted by Crippen LogP contribution is -2.57. The predicted octanol–water partition coefficient (Wildman–Crippen LogP) is 6.53. The highest BCUT2D eigenvalue weighted by atomic mass is 16.5. The molecule has 1 fully saturated rings. The van der Waals surface area contributed by atoms with Crippen LogP contribution < -0.4 is 28.7 Å². The number of hydrogen-bond donors (Lipinski definition) is 1. The van der Waals surface area contributed by atoms with Crippen LogP contribution in [0.5, 0.6) is 23.0 Å². The first kappa shape index (κ1) is 45.4. The largest absolute Gasteiger partial charge is 0.493 e. The second kappa shape index (κ2) is 20.9. The number of aliphatic hydroxyl groups excluding tert-OH is 1. The van der Waals surface area contributed by atoms with Gasteiger partial charge in [0.25, 0.3) is 0 Å². The number of nitriles is 1. The van der Waals surface area contributed by atoms with Crippen molar-refractivity contribution in [3.05, 3.63) is 77.3 Å². The maximum atomic E-state index is 10.2. The summed E-state index contributed by atoms with van der Waals surface area (Å²) in [6, 6.07) is 16.8. The second-order valence-corrected chi connectivity index (χ2v) is 15.3. The second-order valence-electron chi connectivity index (χ2n) is 15.3. The number of nitrogens with zero attached hydrogens (tertiary/aromatic N) is 9. The molecule has 0 amide bonds. The third-order valence-corrected chi connectivity index (χ3v) is 10.8. The molecule has 2 aromatic carbocycles. The minimum Gasteiger partial charge on any atom is -0.493 e. The standard InChI is InChI=1S/C27H38N2O4.C17H25N7O/c1-20(2)27(19-28,22-10-12-24(31-5)26(18-22)33-7)14-8-15-29(3)16-13-21-9-11-23(30-4)25(17-21)32-6;1-10-8-23(17-20-13(4)19-14(5)21-17)9-11(2)24(10)15-6-7-18-16(22-15)12(3)25/h9-12,17-18,20H,8,13-16H2,1-7H3;6-7,10-12,25H,8-9H2,1-5H3/t;10-,11+,12-/m.1/s1. The van der Waals surface area contributed by atoms with Crippen molar-refractivity contribution in [2.45, 2.75) is 91.3 Å². The Kier molecular flexibility index (Phi) is 16.4. The van der Waals surface area contributed by atoms with Gasteiger partial charge in [-0.3, -0.25) is 0 Å². The summed E-state index contributed by atoms with van der Waals surface area (Å²) in [4.78, 5) is 28.7. The first-order valence-corrected chi connectivity index (χ1v) is 20.0. The van der Waals surface area contributed by atoms with Crippen molar-refractivity contribution in [2.75, 3.05) is 71.5 Å². The molecule has 4 atom stereocenters. The number of aryl methyl sites for hydroxylation is 2. The first-order valence-electron chi connectivity index (χ1n) is 20.0. The molecule has 0 aliphatic carbocycles. The van der Waals surface area contributed by atoms with Crippen LogP contribution in [0.4, 0.5) is 11.8 Å². The van der Waals surface area contributed by atoms with E-state index in [0.29, 0.717) is 17.3 Å². The van der Waals surface area contributed by atoms with Gasteiger partial charge in [-0.25, -0.2) is 15.0 Å². The smallest absolute Gasteiger partial charge is 0.228 e. The lowest BCUT2D eigenvalue weighted by Gasteiger charge is -2.45. The Labute approximate surface area is 345 Å². The Morgan fingerprint density at radius 1 is 0.828 bits per heavy atom. The number of hydrogen-bond acceptors (Lipinski definition) is 14. The van der Waals surface area contributed by atoms with Crippen LogP contribution in [0.2, 0.25) is 0 Å². The van der Waals surface area contributed by atoms with E-state index in [1.165, 1.54) is 5.56 Å². The van der Waals surface area contributed by atoms with Crippen LogP contribution in [0.3, 0.4) is 0 Å². The predicted molar refractivity (Wildman–Crippen MR) is 227 cm³/mol. The molecule has 58 heavy (non-hydrogen) atoms. The Morgan fingerprint density at radius 2 is 1.41 bits per heavy atom. The quantitative estimate of drug-likeness (QED) is 0.131. The van der Waals surface area contributed by atoms with Gasteiger partial charge in [0.2, 0.25) is 5.95 Å². The summed E-state index contributed by atoms with van der Waals surface area (Å²) in [6.07, 6.45) is 3.64. The SMILES string of the molecule is COc1ccc(CCN(C)CCCC(C#N)(c2ccc(OC)c(OC)c2)C(C)C)cc1OC.Cc1nc(C)nc(N2C[C@@H](C)N(c3ccnc([C@@H](C)O)n3)[C@@H](C)C2)n1. The van der Waals surface area contributed by atoms with Gasteiger partial charge in [0.15, 0.2) is 28.8 Å². The molecular formula is C44H63N9O5. The van der Waals surface area contributed by atoms with E-state index >= 15 is 0 Å². The van der Waals surface area contributed by atoms with Crippen molar-refractivity contribution in [1.82, 2.24) is 29.8 Å². The van der Waals surface area contributed by atoms with Gasteiger partial charge < -0.3 is 38.8 Å². The summed E-state index contributed by atoms with van der Waals surface area (Å²) in [5.74, 6) is 6.49. The van der Waals surface area contributed by atoms with Crippen LogP contribution in [0.15, 0.2) is 48.7 Å². The number of anilines is 2. The molecule has 2 aromatic heterocycles. The third kappa shape index (κ3) is 11.2. The molecule has 1 aliphatic heterocycles. The molecule has 3 heterocycles. The van der Waals surface area contributed by atoms with Gasteiger partial charge in [-0.05, 0) is 115 Å². The van der Waals surface area contributed by atoms with E-state index in [-0.39, 0.29) is 18.0 Å². The molecule has 0 radical (unpaired) electrons. The highest BCUT2D eigenvalue weighted by Gasteiger charge is 2.36. The summed E-state index contributed by atoms with van der Waals surface area (Å²) < 4.78 is 21.6. The number of rotatable bonds is 16. The maximum absolute atomic E-state index is 10.2. The van der Waals surface area contributed by atoms with Gasteiger partial charge >= 0.3 is 0 Å². The Bertz CT molecular complexity index is 1940. The van der Waals surface area contributed by atoms with E-state index < -0.39 is 11.5 Å². The van der Waals surface area contributed by atoms with Crippen molar-refractivity contribution >= 4 is 11.8 Å². The fourth-order valence-corrected chi connectivity index (χ4v) is 7.61. The summed E-state index contributed by atoms with van der Waals surface area (Å²) in [7, 11) is 8.67. The zero-order valence-corrected chi connectivity index (χ0v) is 36.5. The molecule has 14 nitrogen and oxygen atoms in total. The molecule has 4 aromatic rings. The molecule has 0 spiro atoms. The highest BCUT2D eigenvalue weighted by molar-refractivity contribution is 5.48. The van der Waals surface area contributed by atoms with Crippen LogP contribution >= 0.6 is 0 Å². The molecule has 5 rings (SSSR count). The number of ether oxygens (including phenoxy) is 4. The number of piperazine rings is 1. The van der Waals surface area contributed by atoms with E-state index in [1.807, 2.05) is 50.2 Å². The summed E-state index contributed by atoms with van der Waals surface area (Å²) in [5.41, 5.74) is 1.60. The van der Waals surface area contributed by atoms with Gasteiger partial charge in [0, 0.05) is 37.9 Å². The van der Waals surface area contributed by atoms with E-state index in [0.717, 1.165) is 85.9 Å². The van der Waals surface area contributed by atoms with E-state index in [9.17, 15) is 10.4 Å². The van der Waals surface area contributed by atoms with Crippen LogP contribution in [0, 0.1) is 31.1 Å². The molecule has 14 heteroatoms. The van der Waals surface area contributed by atoms with Crippen LogP contribution in [0.1, 0.15) is 82.2 Å². The molecule has 314 valence electrons. The van der Waals surface area contributed by atoms with Crippen LogP contribution in [-0.4, -0.2) is 109 Å². The van der Waals surface area contributed by atoms with Crippen LogP contribution in [0.25, 0.3) is 0 Å². The van der Waals surface area contributed by atoms with Crippen molar-refractivity contribution in [3.63, 3.8) is 0 Å². The Balaban J connectivity index is 0.000000266. The highest BCUT2D eigenvalue weighted by Crippen LogP contribution is 2.40. The minimum atomic E-state index is -0.678. The fraction of sp³-hybridized carbons (Fsp3) is 0.545. The number of benzene rings is 2. The van der Waals surface area contributed by atoms with E-state index in [2.05, 4.69) is 86.5 Å². The van der Waals surface area contributed by atoms with Gasteiger partial charge in [0.1, 0.15) is 23.6 Å². The molecular weight excluding hydrogens is 735 g/mol. The van der Waals surface area contributed by atoms with Gasteiger partial charge in [-0.15, -0.1) is 0 Å². The van der Waals surface area contributed by atoms with E-state index in [1.54, 1.807) is 41.6 Å². The summed E-state index contributed by atoms with van der Waals surface area (Å²) in [5, 5.41) is 20.0. The molecule has 1 aliphatic rings. The molecule has 0 bridgehead atoms. The van der Waals surface area contributed by atoms with Crippen LogP contribution in [-0.2, 0) is 11.8 Å². The Hall–Kier alpha value is -5.26. The number of aliphatic hydroxyl groups is 1. The zero-order chi connectivity index (χ0) is 42.6. The van der Waals surface area contributed by atoms with Gasteiger partial charge in [0.05, 0.1) is 39.9 Å². The van der Waals surface area contributed by atoms with Gasteiger partial charge in [-0.1, -0.05) is 26.0 Å². The molecule has 1 saturated heterocycles. The van der Waals surface area contributed by atoms with Crippen molar-refractivity contribution in [2.24, 2.45) is 5.92 Å². The molecule has 1 N–H and O–H groups in total. The maximum Gasteiger partial charge on any atom is 0.228 e. The molecule has 1 unspecified atom stereocenters. The summed E-state index contributed by atoms with van der Waals surface area (Å²) in [6.45, 7) is 17.4. The normalized spacial score (nSPS) is 16.9. The monoisotopic (exact) mass is 797 g/mol. The van der Waals surface area contributed by atoms with E-state index in [4.69, 9.17) is 18.9 Å². The van der Waals surface area contributed by atoms with Gasteiger partial charge in [-0.2, -0.15) is 15.2 Å². The summed E-state index contributed by atoms with van der Waals surface area (Å²) >= 11 is 0. The third-order valence-electron chi connectivity index (χ3n) is 10.8. The number of aromatic nitrogens is 5. The topological polar surface area (TPSA) is 155 Å². The Morgan fingerprint density at radius 3 is 1.97 bits per heavy atom. The minimum absolute atomic E-state index is 0.165. The van der Waals surface area contributed by atoms with Crippen molar-refractivity contribution in [1.29, 1.82) is 5.26 Å². The zero-order valence-electron chi connectivity index (χ0n) is 36.5. The number of methoxy groups -OCH3 is 4. The van der Waals surface area contributed by atoms with Crippen molar-refractivity contribution in [3.8, 4) is 29.1 Å². The molecule has 0 saturated carbocycles. The fourth-order valence-electron chi connectivity index (χ4n) is 7.61. The average Bonchev–Trinajstić information content (AvgIpc) is 3.20. The lowest BCUT2D eigenvalue weighted by molar-refractivity contribution is 0.189. The average molecular weight is 798 g/mol. The van der Waals surface area contributed by atoms with Crippen molar-refractivity contribution < 1.29 is 24.1 Å². The first-order chi connectivity index (χ1) is 27.7. The number of likely N-dealkylation sites (N-methyl/N-ethyl adjacent to an activating group) is 1. The lowest BCUT2D eigenvalue weighted by atomic mass is 9.69.